The zero-order valence-electron chi connectivity index (χ0n) is 18.2. The molecule has 31 heavy (non-hydrogen) atoms. The van der Waals surface area contributed by atoms with Crippen LogP contribution in [0.25, 0.3) is 0 Å². The Morgan fingerprint density at radius 1 is 1.03 bits per heavy atom. The minimum Gasteiger partial charge on any atom is -0.352 e. The summed E-state index contributed by atoms with van der Waals surface area (Å²) in [5.41, 5.74) is 3.95. The number of amides is 2. The Morgan fingerprint density at radius 3 is 2.35 bits per heavy atom. The van der Waals surface area contributed by atoms with Crippen molar-refractivity contribution in [3.8, 4) is 0 Å². The number of hydrazone groups is 1. The number of likely N-dealkylation sites (N-methyl/N-ethyl adjacent to an activating group) is 1. The molecule has 0 aliphatic rings. The van der Waals surface area contributed by atoms with E-state index in [1.165, 1.54) is 18.3 Å². The van der Waals surface area contributed by atoms with Crippen LogP contribution in [0.3, 0.4) is 0 Å². The first-order valence-electron chi connectivity index (χ1n) is 10.7. The van der Waals surface area contributed by atoms with Crippen LogP contribution in [-0.2, 0) is 4.79 Å². The van der Waals surface area contributed by atoms with Crippen LogP contribution in [0.1, 0.15) is 49.0 Å². The maximum absolute atomic E-state index is 13.0. The van der Waals surface area contributed by atoms with E-state index in [-0.39, 0.29) is 23.7 Å². The van der Waals surface area contributed by atoms with Gasteiger partial charge in [0.15, 0.2) is 0 Å². The molecule has 1 atom stereocenters. The zero-order chi connectivity index (χ0) is 22.5. The Labute approximate surface area is 183 Å². The van der Waals surface area contributed by atoms with Crippen LogP contribution >= 0.6 is 0 Å². The second-order valence-corrected chi connectivity index (χ2v) is 7.14. The minimum absolute atomic E-state index is 0.0891. The molecule has 2 aromatic rings. The average Bonchev–Trinajstić information content (AvgIpc) is 2.80. The summed E-state index contributed by atoms with van der Waals surface area (Å²) in [5, 5.41) is 6.93. The van der Waals surface area contributed by atoms with Crippen molar-refractivity contribution in [1.29, 1.82) is 0 Å². The first kappa shape index (κ1) is 24.2. The van der Waals surface area contributed by atoms with Gasteiger partial charge in [-0.15, -0.1) is 0 Å². The van der Waals surface area contributed by atoms with Crippen LogP contribution in [0.15, 0.2) is 59.7 Å². The van der Waals surface area contributed by atoms with Crippen molar-refractivity contribution in [2.24, 2.45) is 5.10 Å². The van der Waals surface area contributed by atoms with Gasteiger partial charge < -0.3 is 5.32 Å². The molecule has 0 fully saturated rings. The third-order valence-electron chi connectivity index (χ3n) is 5.04. The fourth-order valence-corrected chi connectivity index (χ4v) is 3.29. The summed E-state index contributed by atoms with van der Waals surface area (Å²) in [6, 6.07) is 14.7. The molecule has 0 radical (unpaired) electrons. The summed E-state index contributed by atoms with van der Waals surface area (Å²) in [6.45, 7) is 6.10. The van der Waals surface area contributed by atoms with Crippen molar-refractivity contribution >= 4 is 18.0 Å². The van der Waals surface area contributed by atoms with Crippen LogP contribution in [0, 0.1) is 5.82 Å². The molecule has 2 N–H and O–H groups in total. The maximum Gasteiger partial charge on any atom is 0.257 e. The normalized spacial score (nSPS) is 12.1. The Balaban J connectivity index is 1.81. The number of nitrogens with zero attached hydrogens (tertiary/aromatic N) is 2. The number of halogens is 1. The average molecular weight is 427 g/mol. The molecule has 0 saturated carbocycles. The fourth-order valence-electron chi connectivity index (χ4n) is 3.29. The molecule has 166 valence electrons. The number of hydrogen-bond acceptors (Lipinski definition) is 4. The van der Waals surface area contributed by atoms with Crippen molar-refractivity contribution < 1.29 is 14.0 Å². The van der Waals surface area contributed by atoms with Gasteiger partial charge in [0, 0.05) is 12.1 Å². The van der Waals surface area contributed by atoms with Crippen LogP contribution in [0.5, 0.6) is 0 Å². The largest absolute Gasteiger partial charge is 0.352 e. The standard InChI is InChI=1S/C24H31FN4O2/c1-3-29(4-2)22(24(31)28-27-18-19-13-15-21(25)16-14-19)12-8-9-17-26-23(30)20-10-6-5-7-11-20/h5-7,10-11,13-16,18,22H,3-4,8-9,12,17H2,1-2H3,(H,26,30)(H,28,31). The topological polar surface area (TPSA) is 73.8 Å². The smallest absolute Gasteiger partial charge is 0.257 e. The molecular weight excluding hydrogens is 395 g/mol. The molecule has 0 aliphatic carbocycles. The van der Waals surface area contributed by atoms with E-state index in [0.717, 1.165) is 25.9 Å². The molecule has 0 aliphatic heterocycles. The number of carbonyl (C=O) groups is 2. The summed E-state index contributed by atoms with van der Waals surface area (Å²) in [4.78, 5) is 26.9. The highest BCUT2D eigenvalue weighted by molar-refractivity contribution is 5.94. The fraction of sp³-hybridized carbons (Fsp3) is 0.375. The van der Waals surface area contributed by atoms with Crippen LogP contribution in [-0.4, -0.2) is 48.6 Å². The summed E-state index contributed by atoms with van der Waals surface area (Å²) >= 11 is 0. The highest BCUT2D eigenvalue weighted by Crippen LogP contribution is 2.10. The molecule has 6 nitrogen and oxygen atoms in total. The molecule has 2 amide bonds. The molecule has 0 spiro atoms. The van der Waals surface area contributed by atoms with Gasteiger partial charge in [-0.3, -0.25) is 14.5 Å². The van der Waals surface area contributed by atoms with E-state index in [2.05, 4.69) is 20.7 Å². The Kier molecular flexibility index (Phi) is 10.4. The van der Waals surface area contributed by atoms with Gasteiger partial charge in [0.1, 0.15) is 5.82 Å². The minimum atomic E-state index is -0.317. The van der Waals surface area contributed by atoms with Gasteiger partial charge in [0.25, 0.3) is 11.8 Å². The second kappa shape index (κ2) is 13.3. The van der Waals surface area contributed by atoms with Gasteiger partial charge in [0.05, 0.1) is 12.3 Å². The monoisotopic (exact) mass is 426 g/mol. The molecule has 0 bridgehead atoms. The quantitative estimate of drug-likeness (QED) is 0.309. The summed E-state index contributed by atoms with van der Waals surface area (Å²) in [7, 11) is 0. The zero-order valence-corrected chi connectivity index (χ0v) is 18.2. The predicted octanol–water partition coefficient (Wildman–Crippen LogP) is 3.59. The molecule has 0 heterocycles. The van der Waals surface area contributed by atoms with E-state index >= 15 is 0 Å². The number of unbranched alkanes of at least 4 members (excludes halogenated alkanes) is 1. The van der Waals surface area contributed by atoms with Crippen LogP contribution in [0.2, 0.25) is 0 Å². The first-order chi connectivity index (χ1) is 15.0. The first-order valence-corrected chi connectivity index (χ1v) is 10.7. The number of carbonyl (C=O) groups excluding carboxylic acids is 2. The molecule has 2 rings (SSSR count). The van der Waals surface area contributed by atoms with E-state index in [1.807, 2.05) is 32.0 Å². The van der Waals surface area contributed by atoms with E-state index < -0.39 is 0 Å². The van der Waals surface area contributed by atoms with E-state index in [1.54, 1.807) is 24.3 Å². The highest BCUT2D eigenvalue weighted by atomic mass is 19.1. The number of nitrogens with one attached hydrogen (secondary N) is 2. The molecule has 1 unspecified atom stereocenters. The van der Waals surface area contributed by atoms with Crippen LogP contribution < -0.4 is 10.7 Å². The lowest BCUT2D eigenvalue weighted by molar-refractivity contribution is -0.126. The van der Waals surface area contributed by atoms with Gasteiger partial charge in [-0.1, -0.05) is 44.2 Å². The maximum atomic E-state index is 13.0. The molecule has 2 aromatic carbocycles. The molecule has 0 aromatic heterocycles. The van der Waals surface area contributed by atoms with Crippen LogP contribution in [0.4, 0.5) is 4.39 Å². The van der Waals surface area contributed by atoms with Crippen molar-refractivity contribution in [2.45, 2.75) is 39.2 Å². The lowest BCUT2D eigenvalue weighted by atomic mass is 10.1. The predicted molar refractivity (Wildman–Crippen MR) is 121 cm³/mol. The Morgan fingerprint density at radius 2 is 1.71 bits per heavy atom. The molecule has 7 heteroatoms. The van der Waals surface area contributed by atoms with Crippen molar-refractivity contribution in [3.63, 3.8) is 0 Å². The number of hydrogen-bond donors (Lipinski definition) is 2. The Hall–Kier alpha value is -3.06. The lowest BCUT2D eigenvalue weighted by Gasteiger charge is -2.28. The number of rotatable bonds is 12. The summed E-state index contributed by atoms with van der Waals surface area (Å²) < 4.78 is 13.0. The Bertz CT molecular complexity index is 836. The van der Waals surface area contributed by atoms with Crippen molar-refractivity contribution in [1.82, 2.24) is 15.6 Å². The van der Waals surface area contributed by atoms with Crippen molar-refractivity contribution in [3.05, 3.63) is 71.5 Å². The number of benzene rings is 2. The third kappa shape index (κ3) is 8.30. The van der Waals surface area contributed by atoms with Gasteiger partial charge in [-0.25, -0.2) is 9.82 Å². The summed E-state index contributed by atoms with van der Waals surface area (Å²) in [5.74, 6) is -0.577. The lowest BCUT2D eigenvalue weighted by Crippen LogP contribution is -2.45. The van der Waals surface area contributed by atoms with E-state index in [0.29, 0.717) is 24.1 Å². The van der Waals surface area contributed by atoms with Gasteiger partial charge >= 0.3 is 0 Å². The summed E-state index contributed by atoms with van der Waals surface area (Å²) in [6.07, 6.45) is 3.74. The van der Waals surface area contributed by atoms with Gasteiger partial charge in [0.2, 0.25) is 0 Å². The van der Waals surface area contributed by atoms with E-state index in [4.69, 9.17) is 0 Å². The SMILES string of the molecule is CCN(CC)C(CCCCNC(=O)c1ccccc1)C(=O)NN=Cc1ccc(F)cc1. The molecule has 0 saturated heterocycles. The molecular formula is C24H31FN4O2. The highest BCUT2D eigenvalue weighted by Gasteiger charge is 2.23. The van der Waals surface area contributed by atoms with Gasteiger partial charge in [-0.05, 0) is 62.2 Å². The van der Waals surface area contributed by atoms with E-state index in [9.17, 15) is 14.0 Å². The third-order valence-corrected chi connectivity index (χ3v) is 5.04. The second-order valence-electron chi connectivity index (χ2n) is 7.14. The van der Waals surface area contributed by atoms with Crippen molar-refractivity contribution in [2.75, 3.05) is 19.6 Å². The van der Waals surface area contributed by atoms with Gasteiger partial charge in [-0.2, -0.15) is 5.10 Å².